The number of hydrogen-bond acceptors (Lipinski definition) is 0. The van der Waals surface area contributed by atoms with Gasteiger partial charge in [0.25, 0.3) is 0 Å². The molecule has 0 radical (unpaired) electrons. The zero-order valence-electron chi connectivity index (χ0n) is 9.45. The van der Waals surface area contributed by atoms with Crippen LogP contribution in [0.4, 0.5) is 0 Å². The molecule has 2 rings (SSSR count). The largest absolute Gasteiger partial charge is 0.0871 e. The first-order valence-electron chi connectivity index (χ1n) is 5.39. The van der Waals surface area contributed by atoms with Crippen molar-refractivity contribution in [3.05, 3.63) is 64.1 Å². The Bertz CT molecular complexity index is 557. The van der Waals surface area contributed by atoms with Gasteiger partial charge in [-0.3, -0.25) is 0 Å². The SMILES string of the molecule is CC=Cc1ccc(Cl)c(-c2ccccc2Cl)c1. The van der Waals surface area contributed by atoms with E-state index in [1.165, 1.54) is 0 Å². The molecule has 2 aromatic rings. The van der Waals surface area contributed by atoms with Gasteiger partial charge in [0.1, 0.15) is 0 Å². The van der Waals surface area contributed by atoms with Crippen molar-refractivity contribution in [2.45, 2.75) is 6.92 Å². The van der Waals surface area contributed by atoms with Crippen LogP contribution < -0.4 is 0 Å². The molecular weight excluding hydrogens is 251 g/mol. The molecule has 17 heavy (non-hydrogen) atoms. The van der Waals surface area contributed by atoms with Crippen molar-refractivity contribution in [3.8, 4) is 11.1 Å². The van der Waals surface area contributed by atoms with Crippen molar-refractivity contribution in [2.24, 2.45) is 0 Å². The van der Waals surface area contributed by atoms with E-state index >= 15 is 0 Å². The maximum Gasteiger partial charge on any atom is 0.0485 e. The molecule has 0 bridgehead atoms. The maximum atomic E-state index is 6.22. The zero-order chi connectivity index (χ0) is 12.3. The van der Waals surface area contributed by atoms with Crippen LogP contribution in [0.1, 0.15) is 12.5 Å². The summed E-state index contributed by atoms with van der Waals surface area (Å²) in [7, 11) is 0. The molecule has 0 N–H and O–H groups in total. The summed E-state index contributed by atoms with van der Waals surface area (Å²) in [5.74, 6) is 0. The quantitative estimate of drug-likeness (QED) is 0.652. The third-order valence-corrected chi connectivity index (χ3v) is 3.17. The van der Waals surface area contributed by atoms with Gasteiger partial charge in [-0.15, -0.1) is 0 Å². The zero-order valence-corrected chi connectivity index (χ0v) is 11.0. The Kier molecular flexibility index (Phi) is 3.88. The summed E-state index contributed by atoms with van der Waals surface area (Å²) >= 11 is 12.4. The lowest BCUT2D eigenvalue weighted by Crippen LogP contribution is -1.83. The van der Waals surface area contributed by atoms with E-state index in [4.69, 9.17) is 23.2 Å². The van der Waals surface area contributed by atoms with Crippen LogP contribution >= 0.6 is 23.2 Å². The Labute approximate surface area is 112 Å². The van der Waals surface area contributed by atoms with Crippen LogP contribution in [0.25, 0.3) is 17.2 Å². The van der Waals surface area contributed by atoms with Gasteiger partial charge in [-0.1, -0.05) is 59.6 Å². The minimum Gasteiger partial charge on any atom is -0.0871 e. The van der Waals surface area contributed by atoms with Crippen LogP contribution in [0.2, 0.25) is 10.0 Å². The van der Waals surface area contributed by atoms with Gasteiger partial charge in [-0.05, 0) is 30.7 Å². The number of allylic oxidation sites excluding steroid dienone is 1. The molecule has 0 saturated heterocycles. The first kappa shape index (κ1) is 12.2. The van der Waals surface area contributed by atoms with E-state index in [1.54, 1.807) is 0 Å². The fourth-order valence-electron chi connectivity index (χ4n) is 1.73. The van der Waals surface area contributed by atoms with Crippen molar-refractivity contribution in [1.29, 1.82) is 0 Å². The second-order valence-electron chi connectivity index (χ2n) is 3.72. The summed E-state index contributed by atoms with van der Waals surface area (Å²) in [6, 6.07) is 13.6. The molecule has 0 nitrogen and oxygen atoms in total. The smallest absolute Gasteiger partial charge is 0.0485 e. The second-order valence-corrected chi connectivity index (χ2v) is 4.53. The predicted octanol–water partition coefficient (Wildman–Crippen LogP) is 5.69. The molecule has 0 atom stereocenters. The molecule has 0 aliphatic rings. The summed E-state index contributed by atoms with van der Waals surface area (Å²) in [5.41, 5.74) is 3.05. The summed E-state index contributed by atoms with van der Waals surface area (Å²) in [6.45, 7) is 1.99. The van der Waals surface area contributed by atoms with Crippen molar-refractivity contribution >= 4 is 29.3 Å². The minimum atomic E-state index is 0.714. The number of rotatable bonds is 2. The fourth-order valence-corrected chi connectivity index (χ4v) is 2.18. The molecule has 2 aromatic carbocycles. The van der Waals surface area contributed by atoms with Gasteiger partial charge >= 0.3 is 0 Å². The topological polar surface area (TPSA) is 0 Å². The van der Waals surface area contributed by atoms with E-state index < -0.39 is 0 Å². The summed E-state index contributed by atoms with van der Waals surface area (Å²) in [4.78, 5) is 0. The van der Waals surface area contributed by atoms with Crippen molar-refractivity contribution in [2.75, 3.05) is 0 Å². The Hall–Kier alpha value is -1.24. The third-order valence-electron chi connectivity index (χ3n) is 2.51. The summed E-state index contributed by atoms with van der Waals surface area (Å²) < 4.78 is 0. The first-order chi connectivity index (χ1) is 8.22. The molecule has 0 aliphatic carbocycles. The number of hydrogen-bond donors (Lipinski definition) is 0. The molecular formula is C15H12Cl2. The molecule has 0 amide bonds. The lowest BCUT2D eigenvalue weighted by atomic mass is 10.0. The molecule has 2 heteroatoms. The van der Waals surface area contributed by atoms with Gasteiger partial charge in [-0.2, -0.15) is 0 Å². The minimum absolute atomic E-state index is 0.714. The first-order valence-corrected chi connectivity index (χ1v) is 6.15. The number of halogens is 2. The average Bonchev–Trinajstić information content (AvgIpc) is 2.33. The Morgan fingerprint density at radius 3 is 2.29 bits per heavy atom. The van der Waals surface area contributed by atoms with Crippen LogP contribution in [-0.2, 0) is 0 Å². The van der Waals surface area contributed by atoms with Crippen LogP contribution in [0.3, 0.4) is 0 Å². The van der Waals surface area contributed by atoms with E-state index in [0.29, 0.717) is 10.0 Å². The molecule has 0 spiro atoms. The Morgan fingerprint density at radius 2 is 1.59 bits per heavy atom. The normalized spacial score (nSPS) is 11.0. The van der Waals surface area contributed by atoms with Gasteiger partial charge in [0, 0.05) is 21.2 Å². The average molecular weight is 263 g/mol. The molecule has 0 aliphatic heterocycles. The third kappa shape index (κ3) is 2.71. The van der Waals surface area contributed by atoms with E-state index in [-0.39, 0.29) is 0 Å². The van der Waals surface area contributed by atoms with Crippen LogP contribution in [0.15, 0.2) is 48.5 Å². The predicted molar refractivity (Wildman–Crippen MR) is 76.6 cm³/mol. The van der Waals surface area contributed by atoms with Gasteiger partial charge in [-0.25, -0.2) is 0 Å². The van der Waals surface area contributed by atoms with Crippen LogP contribution in [0.5, 0.6) is 0 Å². The lowest BCUT2D eigenvalue weighted by Gasteiger charge is -2.07. The maximum absolute atomic E-state index is 6.22. The van der Waals surface area contributed by atoms with E-state index in [0.717, 1.165) is 16.7 Å². The van der Waals surface area contributed by atoms with Crippen molar-refractivity contribution in [1.82, 2.24) is 0 Å². The van der Waals surface area contributed by atoms with Gasteiger partial charge in [0.2, 0.25) is 0 Å². The van der Waals surface area contributed by atoms with Gasteiger partial charge in [0.05, 0.1) is 0 Å². The molecule has 0 heterocycles. The number of benzene rings is 2. The molecule has 0 aromatic heterocycles. The van der Waals surface area contributed by atoms with Crippen LogP contribution in [-0.4, -0.2) is 0 Å². The highest BCUT2D eigenvalue weighted by molar-refractivity contribution is 6.36. The van der Waals surface area contributed by atoms with Crippen LogP contribution in [0, 0.1) is 0 Å². The van der Waals surface area contributed by atoms with Gasteiger partial charge < -0.3 is 0 Å². The molecule has 86 valence electrons. The molecule has 0 saturated carbocycles. The Morgan fingerprint density at radius 1 is 0.882 bits per heavy atom. The summed E-state index contributed by atoms with van der Waals surface area (Å²) in [5, 5.41) is 1.43. The van der Waals surface area contributed by atoms with E-state index in [2.05, 4.69) is 0 Å². The molecule has 0 fully saturated rings. The van der Waals surface area contributed by atoms with E-state index in [9.17, 15) is 0 Å². The van der Waals surface area contributed by atoms with E-state index in [1.807, 2.05) is 61.5 Å². The highest BCUT2D eigenvalue weighted by Gasteiger charge is 2.07. The second kappa shape index (κ2) is 5.39. The Balaban J connectivity index is 2.58. The van der Waals surface area contributed by atoms with Gasteiger partial charge in [0.15, 0.2) is 0 Å². The fraction of sp³-hybridized carbons (Fsp3) is 0.0667. The van der Waals surface area contributed by atoms with Crippen molar-refractivity contribution < 1.29 is 0 Å². The lowest BCUT2D eigenvalue weighted by molar-refractivity contribution is 1.59. The standard InChI is InChI=1S/C15H12Cl2/c1-2-5-11-8-9-15(17)13(10-11)12-6-3-4-7-14(12)16/h2-10H,1H3. The highest BCUT2D eigenvalue weighted by Crippen LogP contribution is 2.33. The highest BCUT2D eigenvalue weighted by atomic mass is 35.5. The summed E-state index contributed by atoms with van der Waals surface area (Å²) in [6.07, 6.45) is 4.04. The molecule has 0 unspecified atom stereocenters. The van der Waals surface area contributed by atoms with Crippen molar-refractivity contribution in [3.63, 3.8) is 0 Å². The monoisotopic (exact) mass is 262 g/mol.